The maximum Gasteiger partial charge on any atom is 0.434 e. The number of halogens is 3. The second-order valence-electron chi connectivity index (χ2n) is 6.68. The molecule has 0 amide bonds. The summed E-state index contributed by atoms with van der Waals surface area (Å²) in [7, 11) is -3.39. The van der Waals surface area contributed by atoms with Crippen molar-refractivity contribution < 1.29 is 21.6 Å². The molecule has 144 valence electrons. The minimum Gasteiger partial charge on any atom is -0.299 e. The summed E-state index contributed by atoms with van der Waals surface area (Å²) in [5, 5.41) is 0. The van der Waals surface area contributed by atoms with Crippen molar-refractivity contribution in [1.29, 1.82) is 0 Å². The highest BCUT2D eigenvalue weighted by Gasteiger charge is 2.35. The first-order valence-electron chi connectivity index (χ1n) is 8.40. The van der Waals surface area contributed by atoms with Crippen LogP contribution in [0.4, 0.5) is 13.2 Å². The van der Waals surface area contributed by atoms with Crippen LogP contribution in [-0.4, -0.2) is 24.2 Å². The zero-order valence-electron chi connectivity index (χ0n) is 14.9. The van der Waals surface area contributed by atoms with Gasteiger partial charge in [-0.1, -0.05) is 25.2 Å². The van der Waals surface area contributed by atoms with E-state index in [1.165, 1.54) is 28.8 Å². The Balaban J connectivity index is 2.10. The maximum atomic E-state index is 13.2. The average molecular weight is 396 g/mol. The molecule has 1 aliphatic carbocycles. The van der Waals surface area contributed by atoms with Gasteiger partial charge in [0.15, 0.2) is 15.5 Å². The molecule has 27 heavy (non-hydrogen) atoms. The van der Waals surface area contributed by atoms with Crippen LogP contribution in [0.1, 0.15) is 31.3 Å². The maximum absolute atomic E-state index is 13.2. The van der Waals surface area contributed by atoms with E-state index in [0.717, 1.165) is 18.9 Å². The molecule has 1 aliphatic rings. The van der Waals surface area contributed by atoms with Crippen LogP contribution in [0.25, 0.3) is 11.3 Å². The second kappa shape index (κ2) is 6.99. The van der Waals surface area contributed by atoms with Gasteiger partial charge in [0.25, 0.3) is 0 Å². The SMILES string of the molecule is CC1C=CC=C(c2nc(C(F)(F)F)cn2-c2ccc(S(C)(=O)=O)cc2)CC1. The molecule has 1 heterocycles. The number of nitrogens with zero attached hydrogens (tertiary/aromatic N) is 2. The van der Waals surface area contributed by atoms with Crippen molar-refractivity contribution in [2.24, 2.45) is 5.92 Å². The minimum absolute atomic E-state index is 0.106. The number of rotatable bonds is 3. The third-order valence-corrected chi connectivity index (χ3v) is 5.56. The van der Waals surface area contributed by atoms with E-state index in [-0.39, 0.29) is 10.7 Å². The van der Waals surface area contributed by atoms with E-state index in [0.29, 0.717) is 23.6 Å². The molecule has 2 aromatic rings. The zero-order valence-corrected chi connectivity index (χ0v) is 15.7. The van der Waals surface area contributed by atoms with Crippen LogP contribution in [0.2, 0.25) is 0 Å². The Morgan fingerprint density at radius 3 is 2.44 bits per heavy atom. The molecule has 1 aromatic heterocycles. The number of benzene rings is 1. The van der Waals surface area contributed by atoms with Crippen LogP contribution in [0.15, 0.2) is 53.6 Å². The number of alkyl halides is 3. The Kier molecular flexibility index (Phi) is 5.03. The lowest BCUT2D eigenvalue weighted by molar-refractivity contribution is -0.140. The van der Waals surface area contributed by atoms with Crippen molar-refractivity contribution >= 4 is 15.4 Å². The minimum atomic E-state index is -4.57. The summed E-state index contributed by atoms with van der Waals surface area (Å²) in [5.41, 5.74) is 0.146. The van der Waals surface area contributed by atoms with Gasteiger partial charge in [-0.3, -0.25) is 4.57 Å². The van der Waals surface area contributed by atoms with Crippen molar-refractivity contribution in [3.63, 3.8) is 0 Å². The molecule has 0 fully saturated rings. The van der Waals surface area contributed by atoms with Gasteiger partial charge in [0, 0.05) is 18.1 Å². The fourth-order valence-electron chi connectivity index (χ4n) is 2.90. The molecule has 4 nitrogen and oxygen atoms in total. The predicted molar refractivity (Wildman–Crippen MR) is 97.2 cm³/mol. The van der Waals surface area contributed by atoms with Crippen LogP contribution in [0, 0.1) is 5.92 Å². The monoisotopic (exact) mass is 396 g/mol. The molecule has 0 bridgehead atoms. The lowest BCUT2D eigenvalue weighted by Crippen LogP contribution is -2.05. The molecular weight excluding hydrogens is 377 g/mol. The van der Waals surface area contributed by atoms with E-state index in [4.69, 9.17) is 0 Å². The third-order valence-electron chi connectivity index (χ3n) is 4.43. The Labute approximate surface area is 156 Å². The highest BCUT2D eigenvalue weighted by atomic mass is 32.2. The molecule has 3 rings (SSSR count). The summed E-state index contributed by atoms with van der Waals surface area (Å²) in [6, 6.07) is 5.73. The summed E-state index contributed by atoms with van der Waals surface area (Å²) in [6.45, 7) is 2.05. The predicted octanol–water partition coefficient (Wildman–Crippen LogP) is 4.66. The normalized spacial score (nSPS) is 18.3. The van der Waals surface area contributed by atoms with Crippen molar-refractivity contribution in [2.45, 2.75) is 30.8 Å². The average Bonchev–Trinajstić information content (AvgIpc) is 2.92. The Hall–Kier alpha value is -2.35. The second-order valence-corrected chi connectivity index (χ2v) is 8.69. The Morgan fingerprint density at radius 1 is 1.19 bits per heavy atom. The van der Waals surface area contributed by atoms with E-state index in [2.05, 4.69) is 4.98 Å². The van der Waals surface area contributed by atoms with E-state index in [1.807, 2.05) is 19.1 Å². The van der Waals surface area contributed by atoms with E-state index in [1.54, 1.807) is 6.08 Å². The van der Waals surface area contributed by atoms with Crippen molar-refractivity contribution in [1.82, 2.24) is 9.55 Å². The van der Waals surface area contributed by atoms with E-state index < -0.39 is 21.7 Å². The molecule has 0 saturated heterocycles. The highest BCUT2D eigenvalue weighted by Crippen LogP contribution is 2.33. The first-order valence-corrected chi connectivity index (χ1v) is 10.3. The lowest BCUT2D eigenvalue weighted by atomic mass is 10.0. The molecule has 0 saturated carbocycles. The molecule has 1 unspecified atom stereocenters. The molecule has 1 aromatic carbocycles. The number of hydrogen-bond acceptors (Lipinski definition) is 3. The Bertz CT molecular complexity index is 1000. The van der Waals surface area contributed by atoms with Gasteiger partial charge in [-0.15, -0.1) is 0 Å². The van der Waals surface area contributed by atoms with Gasteiger partial charge in [-0.25, -0.2) is 13.4 Å². The highest BCUT2D eigenvalue weighted by molar-refractivity contribution is 7.90. The van der Waals surface area contributed by atoms with E-state index in [9.17, 15) is 21.6 Å². The number of allylic oxidation sites excluding steroid dienone is 4. The largest absolute Gasteiger partial charge is 0.434 e. The van der Waals surface area contributed by atoms with Gasteiger partial charge >= 0.3 is 6.18 Å². The smallest absolute Gasteiger partial charge is 0.299 e. The van der Waals surface area contributed by atoms with E-state index >= 15 is 0 Å². The molecule has 0 radical (unpaired) electrons. The number of imidazole rings is 1. The third kappa shape index (κ3) is 4.32. The fraction of sp³-hybridized carbons (Fsp3) is 0.316. The molecule has 8 heteroatoms. The first-order chi connectivity index (χ1) is 12.6. The molecule has 0 aliphatic heterocycles. The van der Waals surface area contributed by atoms with Crippen LogP contribution in [0.5, 0.6) is 0 Å². The van der Waals surface area contributed by atoms with Crippen molar-refractivity contribution in [3.05, 3.63) is 60.2 Å². The summed E-state index contributed by atoms with van der Waals surface area (Å²) < 4.78 is 64.3. The van der Waals surface area contributed by atoms with Gasteiger partial charge in [-0.05, 0) is 48.6 Å². The standard InChI is InChI=1S/C19H19F3N2O2S/c1-13-4-3-5-14(7-6-13)18-23-17(19(20,21)22)12-24(18)15-8-10-16(11-9-15)27(2,25)26/h3-5,8-13H,6-7H2,1-2H3. The summed E-state index contributed by atoms with van der Waals surface area (Å²) in [6.07, 6.45) is 4.50. The summed E-state index contributed by atoms with van der Waals surface area (Å²) >= 11 is 0. The van der Waals surface area contributed by atoms with Crippen LogP contribution in [-0.2, 0) is 16.0 Å². The molecule has 0 spiro atoms. The van der Waals surface area contributed by atoms with Gasteiger partial charge in [0.05, 0.1) is 4.90 Å². The zero-order chi connectivity index (χ0) is 19.8. The summed E-state index contributed by atoms with van der Waals surface area (Å²) in [5.74, 6) is 0.548. The number of hydrogen-bond donors (Lipinski definition) is 0. The van der Waals surface area contributed by atoms with Crippen LogP contribution in [0.3, 0.4) is 0 Å². The topological polar surface area (TPSA) is 52.0 Å². The van der Waals surface area contributed by atoms with Gasteiger partial charge in [0.1, 0.15) is 5.82 Å². The number of sulfone groups is 1. The van der Waals surface area contributed by atoms with Crippen LogP contribution >= 0.6 is 0 Å². The Morgan fingerprint density at radius 2 is 1.85 bits per heavy atom. The lowest BCUT2D eigenvalue weighted by Gasteiger charge is -2.11. The van der Waals surface area contributed by atoms with Gasteiger partial charge in [-0.2, -0.15) is 13.2 Å². The van der Waals surface area contributed by atoms with Crippen molar-refractivity contribution in [3.8, 4) is 5.69 Å². The summed E-state index contributed by atoms with van der Waals surface area (Å²) in [4.78, 5) is 3.94. The van der Waals surface area contributed by atoms with Gasteiger partial charge in [0.2, 0.25) is 0 Å². The van der Waals surface area contributed by atoms with Crippen molar-refractivity contribution in [2.75, 3.05) is 6.26 Å². The van der Waals surface area contributed by atoms with Gasteiger partial charge < -0.3 is 0 Å². The first kappa shape index (κ1) is 19.4. The van der Waals surface area contributed by atoms with Crippen LogP contribution < -0.4 is 0 Å². The molecular formula is C19H19F3N2O2S. The fourth-order valence-corrected chi connectivity index (χ4v) is 3.54. The molecule has 1 atom stereocenters. The number of aromatic nitrogens is 2. The molecule has 0 N–H and O–H groups in total. The quantitative estimate of drug-likeness (QED) is 0.758.